The number of ether oxygens (including phenoxy) is 1. The van der Waals surface area contributed by atoms with Crippen LogP contribution in [-0.2, 0) is 14.3 Å². The van der Waals surface area contributed by atoms with Crippen LogP contribution in [0.3, 0.4) is 0 Å². The summed E-state index contributed by atoms with van der Waals surface area (Å²) in [6.45, 7) is 3.87. The molecule has 0 saturated heterocycles. The van der Waals surface area contributed by atoms with E-state index >= 15 is 0 Å². The van der Waals surface area contributed by atoms with E-state index in [9.17, 15) is 9.59 Å². The van der Waals surface area contributed by atoms with Gasteiger partial charge in [-0.2, -0.15) is 0 Å². The zero-order chi connectivity index (χ0) is 15.1. The molecular weight excluding hydrogens is 256 g/mol. The summed E-state index contributed by atoms with van der Waals surface area (Å²) in [7, 11) is 3.23. The van der Waals surface area contributed by atoms with Crippen molar-refractivity contribution in [1.82, 2.24) is 10.2 Å². The van der Waals surface area contributed by atoms with Crippen LogP contribution < -0.4 is 5.32 Å². The molecule has 0 aliphatic heterocycles. The number of carbonyl (C=O) groups is 2. The number of rotatable bonds is 6. The van der Waals surface area contributed by atoms with Crippen LogP contribution in [0.25, 0.3) is 0 Å². The smallest absolute Gasteiger partial charge is 0.332 e. The molecule has 5 nitrogen and oxygen atoms in total. The van der Waals surface area contributed by atoms with Gasteiger partial charge in [-0.1, -0.05) is 30.3 Å². The predicted octanol–water partition coefficient (Wildman–Crippen LogP) is 1.36. The van der Waals surface area contributed by atoms with Gasteiger partial charge in [-0.25, -0.2) is 4.79 Å². The molecule has 1 aromatic rings. The summed E-state index contributed by atoms with van der Waals surface area (Å²) in [6, 6.07) is 8.53. The Morgan fingerprint density at radius 1 is 1.25 bits per heavy atom. The molecule has 1 rings (SSSR count). The lowest BCUT2D eigenvalue weighted by molar-refractivity contribution is -0.151. The van der Waals surface area contributed by atoms with E-state index < -0.39 is 12.0 Å². The first kappa shape index (κ1) is 16.2. The highest BCUT2D eigenvalue weighted by Crippen LogP contribution is 2.13. The van der Waals surface area contributed by atoms with Crippen LogP contribution in [0.5, 0.6) is 0 Å². The van der Waals surface area contributed by atoms with Crippen molar-refractivity contribution in [3.8, 4) is 0 Å². The second kappa shape index (κ2) is 7.65. The van der Waals surface area contributed by atoms with E-state index in [1.54, 1.807) is 21.0 Å². The maximum absolute atomic E-state index is 12.1. The van der Waals surface area contributed by atoms with Gasteiger partial charge in [0.15, 0.2) is 6.04 Å². The van der Waals surface area contributed by atoms with Gasteiger partial charge in [-0.05, 0) is 19.4 Å². The minimum Gasteiger partial charge on any atom is -0.464 e. The Labute approximate surface area is 119 Å². The van der Waals surface area contributed by atoms with Gasteiger partial charge in [0, 0.05) is 20.1 Å². The highest BCUT2D eigenvalue weighted by molar-refractivity contribution is 6.01. The first-order chi connectivity index (χ1) is 9.47. The standard InChI is InChI=1S/C15H22N2O3/c1-5-20-15(19)13(14(18)17(3)4)16-11(2)12-9-7-6-8-10-12/h6-11,13,16H,5H2,1-4H3/t11-,13?/m0/s1. The van der Waals surface area contributed by atoms with Gasteiger partial charge < -0.3 is 9.64 Å². The minimum absolute atomic E-state index is 0.130. The molecule has 5 heteroatoms. The van der Waals surface area contributed by atoms with E-state index in [2.05, 4.69) is 5.32 Å². The molecule has 20 heavy (non-hydrogen) atoms. The first-order valence-electron chi connectivity index (χ1n) is 6.66. The summed E-state index contributed by atoms with van der Waals surface area (Å²) in [4.78, 5) is 25.4. The lowest BCUT2D eigenvalue weighted by Crippen LogP contribution is -2.50. The molecule has 0 fully saturated rings. The van der Waals surface area contributed by atoms with Crippen molar-refractivity contribution in [2.45, 2.75) is 25.9 Å². The van der Waals surface area contributed by atoms with E-state index in [-0.39, 0.29) is 18.6 Å². The Morgan fingerprint density at radius 3 is 2.35 bits per heavy atom. The molecule has 1 unspecified atom stereocenters. The maximum atomic E-state index is 12.1. The van der Waals surface area contributed by atoms with Crippen LogP contribution in [0.4, 0.5) is 0 Å². The predicted molar refractivity (Wildman–Crippen MR) is 77.1 cm³/mol. The summed E-state index contributed by atoms with van der Waals surface area (Å²) in [5.74, 6) is -0.861. The zero-order valence-electron chi connectivity index (χ0n) is 12.4. The highest BCUT2D eigenvalue weighted by atomic mass is 16.5. The number of nitrogens with one attached hydrogen (secondary N) is 1. The van der Waals surface area contributed by atoms with Gasteiger partial charge in [0.1, 0.15) is 0 Å². The normalized spacial score (nSPS) is 13.4. The average molecular weight is 278 g/mol. The van der Waals surface area contributed by atoms with Crippen molar-refractivity contribution in [2.75, 3.05) is 20.7 Å². The number of amides is 1. The Morgan fingerprint density at radius 2 is 1.85 bits per heavy atom. The van der Waals surface area contributed by atoms with Crippen molar-refractivity contribution >= 4 is 11.9 Å². The number of hydrogen-bond donors (Lipinski definition) is 1. The van der Waals surface area contributed by atoms with Crippen molar-refractivity contribution in [3.63, 3.8) is 0 Å². The summed E-state index contributed by atoms with van der Waals surface area (Å²) in [6.07, 6.45) is 0. The van der Waals surface area contributed by atoms with Gasteiger partial charge in [0.2, 0.25) is 0 Å². The van der Waals surface area contributed by atoms with Crippen molar-refractivity contribution in [3.05, 3.63) is 35.9 Å². The van der Waals surface area contributed by atoms with Crippen LogP contribution in [0.1, 0.15) is 25.5 Å². The molecule has 0 heterocycles. The topological polar surface area (TPSA) is 58.6 Å². The van der Waals surface area contributed by atoms with E-state index in [0.717, 1.165) is 5.56 Å². The van der Waals surface area contributed by atoms with Crippen LogP contribution in [0.2, 0.25) is 0 Å². The van der Waals surface area contributed by atoms with Gasteiger partial charge in [0.25, 0.3) is 5.91 Å². The van der Waals surface area contributed by atoms with Crippen LogP contribution in [0, 0.1) is 0 Å². The SMILES string of the molecule is CCOC(=O)C(N[C@@H](C)c1ccccc1)C(=O)N(C)C. The molecule has 0 saturated carbocycles. The molecule has 0 spiro atoms. The molecule has 0 radical (unpaired) electrons. The number of hydrogen-bond acceptors (Lipinski definition) is 4. The lowest BCUT2D eigenvalue weighted by atomic mass is 10.1. The third-order valence-corrected chi connectivity index (χ3v) is 2.93. The Kier molecular flexibility index (Phi) is 6.18. The molecule has 0 aliphatic rings. The van der Waals surface area contributed by atoms with Crippen LogP contribution in [-0.4, -0.2) is 43.5 Å². The molecule has 1 N–H and O–H groups in total. The van der Waals surface area contributed by atoms with Crippen molar-refractivity contribution in [1.29, 1.82) is 0 Å². The largest absolute Gasteiger partial charge is 0.464 e. The quantitative estimate of drug-likeness (QED) is 0.630. The van der Waals surface area contributed by atoms with Gasteiger partial charge in [-0.15, -0.1) is 0 Å². The molecule has 0 aromatic heterocycles. The van der Waals surface area contributed by atoms with E-state index in [1.165, 1.54) is 4.90 Å². The fraction of sp³-hybridized carbons (Fsp3) is 0.467. The second-order valence-corrected chi connectivity index (χ2v) is 4.72. The molecule has 1 amide bonds. The minimum atomic E-state index is -0.986. The number of esters is 1. The molecule has 0 bridgehead atoms. The summed E-state index contributed by atoms with van der Waals surface area (Å²) < 4.78 is 4.96. The zero-order valence-corrected chi connectivity index (χ0v) is 12.4. The third kappa shape index (κ3) is 4.35. The Hall–Kier alpha value is -1.88. The summed E-state index contributed by atoms with van der Waals surface area (Å²) >= 11 is 0. The number of carbonyl (C=O) groups excluding carboxylic acids is 2. The lowest BCUT2D eigenvalue weighted by Gasteiger charge is -2.24. The third-order valence-electron chi connectivity index (χ3n) is 2.93. The number of benzene rings is 1. The van der Waals surface area contributed by atoms with E-state index in [1.807, 2.05) is 37.3 Å². The first-order valence-corrected chi connectivity index (χ1v) is 6.66. The Balaban J connectivity index is 2.84. The van der Waals surface area contributed by atoms with E-state index in [0.29, 0.717) is 0 Å². The van der Waals surface area contributed by atoms with Gasteiger partial charge >= 0.3 is 5.97 Å². The van der Waals surface area contributed by atoms with Crippen molar-refractivity contribution < 1.29 is 14.3 Å². The summed E-state index contributed by atoms with van der Waals surface area (Å²) in [5, 5.41) is 3.03. The Bertz CT molecular complexity index is 446. The molecule has 0 aliphatic carbocycles. The van der Waals surface area contributed by atoms with E-state index in [4.69, 9.17) is 4.74 Å². The highest BCUT2D eigenvalue weighted by Gasteiger charge is 2.30. The second-order valence-electron chi connectivity index (χ2n) is 4.72. The fourth-order valence-corrected chi connectivity index (χ4v) is 1.81. The fourth-order valence-electron chi connectivity index (χ4n) is 1.81. The van der Waals surface area contributed by atoms with Crippen LogP contribution in [0.15, 0.2) is 30.3 Å². The molecule has 1 aromatic carbocycles. The maximum Gasteiger partial charge on any atom is 0.332 e. The van der Waals surface area contributed by atoms with Crippen molar-refractivity contribution in [2.24, 2.45) is 0 Å². The molecule has 2 atom stereocenters. The summed E-state index contributed by atoms with van der Waals surface area (Å²) in [5.41, 5.74) is 1.01. The van der Waals surface area contributed by atoms with Crippen LogP contribution >= 0.6 is 0 Å². The monoisotopic (exact) mass is 278 g/mol. The van der Waals surface area contributed by atoms with Gasteiger partial charge in [0.05, 0.1) is 6.61 Å². The average Bonchev–Trinajstić information content (AvgIpc) is 2.44. The molecule has 110 valence electrons. The number of likely N-dealkylation sites (N-methyl/N-ethyl adjacent to an activating group) is 1. The van der Waals surface area contributed by atoms with Gasteiger partial charge in [-0.3, -0.25) is 10.1 Å². The molecular formula is C15H22N2O3. The number of nitrogens with zero attached hydrogens (tertiary/aromatic N) is 1.